The van der Waals surface area contributed by atoms with Crippen LogP contribution >= 0.6 is 0 Å². The molecule has 8 nitrogen and oxygen atoms in total. The summed E-state index contributed by atoms with van der Waals surface area (Å²) in [6, 6.07) is 5.70. The fraction of sp³-hybridized carbons (Fsp3) is 0.421. The zero-order valence-electron chi connectivity index (χ0n) is 15.8. The van der Waals surface area contributed by atoms with Crippen molar-refractivity contribution in [1.82, 2.24) is 0 Å². The summed E-state index contributed by atoms with van der Waals surface area (Å²) in [5.74, 6) is 0.580. The Labute approximate surface area is 163 Å². The van der Waals surface area contributed by atoms with Crippen molar-refractivity contribution in [3.05, 3.63) is 30.0 Å². The number of hydrogen-bond donors (Lipinski definition) is 0. The topological polar surface area (TPSA) is 95.3 Å². The van der Waals surface area contributed by atoms with Gasteiger partial charge in [-0.1, -0.05) is 0 Å². The molecule has 1 saturated heterocycles. The van der Waals surface area contributed by atoms with Crippen LogP contribution in [0.5, 0.6) is 11.5 Å². The summed E-state index contributed by atoms with van der Waals surface area (Å²) in [5.41, 5.74) is 0.751. The van der Waals surface area contributed by atoms with Crippen molar-refractivity contribution in [1.29, 1.82) is 0 Å². The van der Waals surface area contributed by atoms with Crippen LogP contribution in [0.1, 0.15) is 24.4 Å². The quantitative estimate of drug-likeness (QED) is 0.614. The Morgan fingerprint density at radius 2 is 1.75 bits per heavy atom. The van der Waals surface area contributed by atoms with Gasteiger partial charge in [-0.15, -0.1) is 0 Å². The van der Waals surface area contributed by atoms with Gasteiger partial charge < -0.3 is 23.5 Å². The molecule has 0 unspecified atom stereocenters. The number of ether oxygens (including phenoxy) is 3. The minimum Gasteiger partial charge on any atom is -0.492 e. The second kappa shape index (κ2) is 8.66. The lowest BCUT2D eigenvalue weighted by atomic mass is 10.2. The zero-order valence-corrected chi connectivity index (χ0v) is 16.7. The summed E-state index contributed by atoms with van der Waals surface area (Å²) < 4.78 is 48.2. The summed E-state index contributed by atoms with van der Waals surface area (Å²) in [4.78, 5) is 12.9. The predicted octanol–water partition coefficient (Wildman–Crippen LogP) is 2.56. The van der Waals surface area contributed by atoms with Gasteiger partial charge in [0.2, 0.25) is 14.9 Å². The molecule has 9 heteroatoms. The first-order chi connectivity index (χ1) is 13.5. The van der Waals surface area contributed by atoms with Crippen LogP contribution in [-0.2, 0) is 14.6 Å². The lowest BCUT2D eigenvalue weighted by Gasteiger charge is -2.31. The number of benzene rings is 1. The van der Waals surface area contributed by atoms with Crippen molar-refractivity contribution in [3.63, 3.8) is 0 Å². The Balaban J connectivity index is 2.13. The van der Waals surface area contributed by atoms with E-state index in [0.717, 1.165) is 5.69 Å². The number of morpholine rings is 1. The third kappa shape index (κ3) is 4.00. The van der Waals surface area contributed by atoms with Crippen molar-refractivity contribution < 1.29 is 31.8 Å². The standard InChI is InChI=1S/C19H23NO7S/c1-3-25-16-12-18(28(22,23)19-6-5-14(13-21)27-19)17(26-4-2)11-15(16)20-7-9-24-10-8-20/h5-6,11-13H,3-4,7-10H2,1-2H3. The van der Waals surface area contributed by atoms with Crippen LogP contribution in [0, 0.1) is 0 Å². The van der Waals surface area contributed by atoms with E-state index in [1.165, 1.54) is 18.2 Å². The van der Waals surface area contributed by atoms with Crippen LogP contribution in [0.15, 0.2) is 38.7 Å². The maximum absolute atomic E-state index is 13.1. The largest absolute Gasteiger partial charge is 0.492 e. The minimum atomic E-state index is -4.04. The van der Waals surface area contributed by atoms with Gasteiger partial charge in [0.1, 0.15) is 16.4 Å². The molecule has 0 radical (unpaired) electrons. The summed E-state index contributed by atoms with van der Waals surface area (Å²) in [7, 11) is -4.04. The fourth-order valence-corrected chi connectivity index (χ4v) is 4.30. The Kier molecular flexibility index (Phi) is 6.25. The highest BCUT2D eigenvalue weighted by Gasteiger charge is 2.29. The lowest BCUT2D eigenvalue weighted by Crippen LogP contribution is -2.36. The van der Waals surface area contributed by atoms with Gasteiger partial charge in [-0.3, -0.25) is 4.79 Å². The molecule has 152 valence electrons. The Morgan fingerprint density at radius 1 is 1.07 bits per heavy atom. The lowest BCUT2D eigenvalue weighted by molar-refractivity contribution is 0.109. The number of aldehydes is 1. The second-order valence-electron chi connectivity index (χ2n) is 6.01. The van der Waals surface area contributed by atoms with Gasteiger partial charge >= 0.3 is 0 Å². The average Bonchev–Trinajstić information content (AvgIpc) is 3.20. The molecular formula is C19H23NO7S. The first-order valence-corrected chi connectivity index (χ1v) is 10.6. The molecule has 28 heavy (non-hydrogen) atoms. The summed E-state index contributed by atoms with van der Waals surface area (Å²) >= 11 is 0. The average molecular weight is 409 g/mol. The highest BCUT2D eigenvalue weighted by atomic mass is 32.2. The Bertz CT molecular complexity index is 930. The molecule has 0 saturated carbocycles. The first-order valence-electron chi connectivity index (χ1n) is 9.07. The van der Waals surface area contributed by atoms with E-state index in [-0.39, 0.29) is 28.1 Å². The number of sulfone groups is 1. The maximum Gasteiger partial charge on any atom is 0.243 e. The minimum absolute atomic E-state index is 0.0634. The number of rotatable bonds is 8. The molecule has 0 amide bonds. The van der Waals surface area contributed by atoms with Gasteiger partial charge in [-0.25, -0.2) is 8.42 Å². The third-order valence-electron chi connectivity index (χ3n) is 4.25. The van der Waals surface area contributed by atoms with Gasteiger partial charge in [-0.2, -0.15) is 0 Å². The van der Waals surface area contributed by atoms with Crippen LogP contribution in [0.25, 0.3) is 0 Å². The Morgan fingerprint density at radius 3 is 2.36 bits per heavy atom. The van der Waals surface area contributed by atoms with Crippen LogP contribution < -0.4 is 14.4 Å². The number of carbonyl (C=O) groups excluding carboxylic acids is 1. The van der Waals surface area contributed by atoms with Crippen molar-refractivity contribution >= 4 is 21.8 Å². The van der Waals surface area contributed by atoms with E-state index >= 15 is 0 Å². The molecule has 1 aliphatic heterocycles. The van der Waals surface area contributed by atoms with Crippen LogP contribution in [0.2, 0.25) is 0 Å². The molecule has 0 atom stereocenters. The van der Waals surface area contributed by atoms with E-state index in [0.29, 0.717) is 44.9 Å². The normalized spacial score (nSPS) is 14.7. The number of carbonyl (C=O) groups is 1. The maximum atomic E-state index is 13.1. The van der Waals surface area contributed by atoms with Gasteiger partial charge in [0.25, 0.3) is 0 Å². The van der Waals surface area contributed by atoms with E-state index in [4.69, 9.17) is 18.6 Å². The number of nitrogens with zero attached hydrogens (tertiary/aromatic N) is 1. The molecule has 1 aromatic carbocycles. The van der Waals surface area contributed by atoms with Crippen LogP contribution in [0.4, 0.5) is 5.69 Å². The monoisotopic (exact) mass is 409 g/mol. The molecule has 2 aromatic rings. The highest BCUT2D eigenvalue weighted by Crippen LogP contribution is 2.40. The van der Waals surface area contributed by atoms with Crippen LogP contribution in [0.3, 0.4) is 0 Å². The number of furan rings is 1. The summed E-state index contributed by atoms with van der Waals surface area (Å²) in [5, 5.41) is -0.322. The molecule has 3 rings (SSSR count). The van der Waals surface area contributed by atoms with E-state index in [1.807, 2.05) is 6.92 Å². The number of anilines is 1. The van der Waals surface area contributed by atoms with E-state index in [1.54, 1.807) is 13.0 Å². The zero-order chi connectivity index (χ0) is 20.1. The van der Waals surface area contributed by atoms with Crippen LogP contribution in [-0.4, -0.2) is 54.2 Å². The van der Waals surface area contributed by atoms with Crippen molar-refractivity contribution in [2.45, 2.75) is 23.8 Å². The fourth-order valence-electron chi connectivity index (χ4n) is 2.98. The van der Waals surface area contributed by atoms with Gasteiger partial charge in [0.15, 0.2) is 12.0 Å². The summed E-state index contributed by atoms with van der Waals surface area (Å²) in [6.45, 7) is 6.76. The SMILES string of the molecule is CCOc1cc(S(=O)(=O)c2ccc(C=O)o2)c(OCC)cc1N1CCOCC1. The molecule has 1 fully saturated rings. The van der Waals surface area contributed by atoms with Gasteiger partial charge in [-0.05, 0) is 26.0 Å². The van der Waals surface area contributed by atoms with E-state index in [2.05, 4.69) is 4.90 Å². The van der Waals surface area contributed by atoms with Crippen molar-refractivity contribution in [3.8, 4) is 11.5 Å². The molecule has 1 aromatic heterocycles. The van der Waals surface area contributed by atoms with Crippen molar-refractivity contribution in [2.75, 3.05) is 44.4 Å². The third-order valence-corrected chi connectivity index (χ3v) is 5.90. The van der Waals surface area contributed by atoms with Crippen molar-refractivity contribution in [2.24, 2.45) is 0 Å². The van der Waals surface area contributed by atoms with Gasteiger partial charge in [0.05, 0.1) is 32.1 Å². The Hall–Kier alpha value is -2.52. The predicted molar refractivity (Wildman–Crippen MR) is 101 cm³/mol. The summed E-state index contributed by atoms with van der Waals surface area (Å²) in [6.07, 6.45) is 0.454. The molecule has 0 spiro atoms. The second-order valence-corrected chi connectivity index (χ2v) is 7.86. The van der Waals surface area contributed by atoms with E-state index < -0.39 is 9.84 Å². The molecule has 1 aliphatic rings. The molecular weight excluding hydrogens is 386 g/mol. The first kappa shape index (κ1) is 20.2. The smallest absolute Gasteiger partial charge is 0.243 e. The molecule has 0 bridgehead atoms. The molecule has 0 aliphatic carbocycles. The molecule has 0 N–H and O–H groups in total. The van der Waals surface area contributed by atoms with Gasteiger partial charge in [0, 0.05) is 25.2 Å². The molecule has 2 heterocycles. The van der Waals surface area contributed by atoms with E-state index in [9.17, 15) is 13.2 Å². The highest BCUT2D eigenvalue weighted by molar-refractivity contribution is 7.91. The number of hydrogen-bond acceptors (Lipinski definition) is 8.